The van der Waals surface area contributed by atoms with E-state index in [1.807, 2.05) is 115 Å². The molecule has 2 amide bonds. The predicted octanol–water partition coefficient (Wildman–Crippen LogP) is 4.94. The zero-order valence-electron chi connectivity index (χ0n) is 22.0. The zero-order chi connectivity index (χ0) is 27.3. The van der Waals surface area contributed by atoms with E-state index in [4.69, 9.17) is 10.5 Å². The Morgan fingerprint density at radius 2 is 1.26 bits per heavy atom. The second-order valence-corrected chi connectivity index (χ2v) is 9.38. The van der Waals surface area contributed by atoms with E-state index in [-0.39, 0.29) is 11.8 Å². The Kier molecular flexibility index (Phi) is 10.3. The van der Waals surface area contributed by atoms with Crippen LogP contribution < -0.4 is 21.1 Å². The number of hydrogen-bond acceptors (Lipinski definition) is 4. The van der Waals surface area contributed by atoms with Crippen molar-refractivity contribution in [2.24, 2.45) is 5.73 Å². The van der Waals surface area contributed by atoms with Gasteiger partial charge in [0.15, 0.2) is 0 Å². The monoisotopic (exact) mass is 521 g/mol. The average molecular weight is 522 g/mol. The quantitative estimate of drug-likeness (QED) is 0.232. The summed E-state index contributed by atoms with van der Waals surface area (Å²) in [6.45, 7) is 1.27. The molecule has 0 saturated heterocycles. The molecule has 0 fully saturated rings. The fraction of sp³-hybridized carbons (Fsp3) is 0.212. The summed E-state index contributed by atoms with van der Waals surface area (Å²) in [5.74, 6) is -0.218. The standard InChI is InChI=1S/C33H35N3O3/c34-22-10-17-30(36-33(38)31(27-13-6-2-7-14-27)28-15-8-3-9-16-28)32(37)35-23-25-18-20-29(21-19-25)39-24-26-11-4-1-5-12-26/h1-9,11-16,18-21,30-31H,10,17,22-24,34H2,(H,35,37)(H,36,38)/t30-/m1/s1. The fourth-order valence-corrected chi connectivity index (χ4v) is 4.39. The summed E-state index contributed by atoms with van der Waals surface area (Å²) in [6, 6.07) is 36.1. The zero-order valence-corrected chi connectivity index (χ0v) is 22.0. The van der Waals surface area contributed by atoms with Gasteiger partial charge in [-0.1, -0.05) is 103 Å². The number of nitrogens with one attached hydrogen (secondary N) is 2. The van der Waals surface area contributed by atoms with Crippen molar-refractivity contribution in [1.29, 1.82) is 0 Å². The lowest BCUT2D eigenvalue weighted by molar-refractivity contribution is -0.129. The average Bonchev–Trinajstić information content (AvgIpc) is 2.99. The van der Waals surface area contributed by atoms with Crippen molar-refractivity contribution in [3.63, 3.8) is 0 Å². The van der Waals surface area contributed by atoms with Gasteiger partial charge in [0.25, 0.3) is 0 Å². The van der Waals surface area contributed by atoms with Gasteiger partial charge in [0.2, 0.25) is 11.8 Å². The molecule has 0 aromatic heterocycles. The van der Waals surface area contributed by atoms with E-state index < -0.39 is 12.0 Å². The van der Waals surface area contributed by atoms with E-state index in [1.54, 1.807) is 0 Å². The summed E-state index contributed by atoms with van der Waals surface area (Å²) in [6.07, 6.45) is 1.07. The van der Waals surface area contributed by atoms with Gasteiger partial charge in [0.1, 0.15) is 18.4 Å². The molecule has 6 heteroatoms. The van der Waals surface area contributed by atoms with Crippen molar-refractivity contribution in [3.05, 3.63) is 138 Å². The Morgan fingerprint density at radius 1 is 0.692 bits per heavy atom. The van der Waals surface area contributed by atoms with E-state index in [0.29, 0.717) is 32.5 Å². The van der Waals surface area contributed by atoms with Crippen molar-refractivity contribution in [2.45, 2.75) is 38.0 Å². The van der Waals surface area contributed by atoms with Gasteiger partial charge in [-0.15, -0.1) is 0 Å². The second kappa shape index (κ2) is 14.5. The topological polar surface area (TPSA) is 93.5 Å². The smallest absolute Gasteiger partial charge is 0.242 e. The molecule has 0 aliphatic carbocycles. The number of carbonyl (C=O) groups is 2. The highest BCUT2D eigenvalue weighted by molar-refractivity contribution is 5.92. The van der Waals surface area contributed by atoms with Gasteiger partial charge in [0, 0.05) is 6.54 Å². The second-order valence-electron chi connectivity index (χ2n) is 9.38. The molecule has 0 unspecified atom stereocenters. The maximum Gasteiger partial charge on any atom is 0.242 e. The summed E-state index contributed by atoms with van der Waals surface area (Å²) >= 11 is 0. The number of benzene rings is 4. The Hall–Kier alpha value is -4.42. The highest BCUT2D eigenvalue weighted by Crippen LogP contribution is 2.25. The van der Waals surface area contributed by atoms with Gasteiger partial charge in [-0.3, -0.25) is 9.59 Å². The van der Waals surface area contributed by atoms with Crippen LogP contribution in [0.25, 0.3) is 0 Å². The Bertz CT molecular complexity index is 1260. The van der Waals surface area contributed by atoms with Gasteiger partial charge in [-0.2, -0.15) is 0 Å². The minimum atomic E-state index is -0.690. The van der Waals surface area contributed by atoms with E-state index >= 15 is 0 Å². The lowest BCUT2D eigenvalue weighted by atomic mass is 9.90. The summed E-state index contributed by atoms with van der Waals surface area (Å²) in [7, 11) is 0. The Balaban J connectivity index is 1.38. The first-order chi connectivity index (χ1) is 19.1. The minimum Gasteiger partial charge on any atom is -0.489 e. The van der Waals surface area contributed by atoms with E-state index in [1.165, 1.54) is 0 Å². The molecule has 0 radical (unpaired) electrons. The molecule has 4 aromatic carbocycles. The number of nitrogens with two attached hydrogens (primary N) is 1. The maximum absolute atomic E-state index is 13.6. The van der Waals surface area contributed by atoms with Crippen LogP contribution in [0.2, 0.25) is 0 Å². The Morgan fingerprint density at radius 3 is 1.82 bits per heavy atom. The predicted molar refractivity (Wildman–Crippen MR) is 154 cm³/mol. The highest BCUT2D eigenvalue weighted by atomic mass is 16.5. The molecule has 4 N–H and O–H groups in total. The van der Waals surface area contributed by atoms with Crippen LogP contribution in [-0.2, 0) is 22.7 Å². The van der Waals surface area contributed by atoms with Gasteiger partial charge in [-0.05, 0) is 53.8 Å². The minimum absolute atomic E-state index is 0.218. The molecule has 0 bridgehead atoms. The van der Waals surface area contributed by atoms with Crippen LogP contribution in [-0.4, -0.2) is 24.4 Å². The van der Waals surface area contributed by atoms with Crippen LogP contribution in [0.15, 0.2) is 115 Å². The van der Waals surface area contributed by atoms with E-state index in [0.717, 1.165) is 28.0 Å². The maximum atomic E-state index is 13.6. The molecule has 1 atom stereocenters. The van der Waals surface area contributed by atoms with Crippen LogP contribution in [0, 0.1) is 0 Å². The fourth-order valence-electron chi connectivity index (χ4n) is 4.39. The van der Waals surface area contributed by atoms with Crippen molar-refractivity contribution in [2.75, 3.05) is 6.54 Å². The van der Waals surface area contributed by atoms with Crippen LogP contribution >= 0.6 is 0 Å². The third-order valence-corrected chi connectivity index (χ3v) is 6.50. The summed E-state index contributed by atoms with van der Waals surface area (Å²) in [4.78, 5) is 26.8. The van der Waals surface area contributed by atoms with E-state index in [9.17, 15) is 9.59 Å². The van der Waals surface area contributed by atoms with Gasteiger partial charge >= 0.3 is 0 Å². The molecule has 4 aromatic rings. The Labute approximate surface area is 230 Å². The number of carbonyl (C=O) groups excluding carboxylic acids is 2. The van der Waals surface area contributed by atoms with Crippen LogP contribution in [0.1, 0.15) is 41.0 Å². The van der Waals surface area contributed by atoms with Crippen molar-refractivity contribution < 1.29 is 14.3 Å². The molecule has 0 aliphatic heterocycles. The van der Waals surface area contributed by atoms with Crippen molar-refractivity contribution in [1.82, 2.24) is 10.6 Å². The summed E-state index contributed by atoms with van der Waals surface area (Å²) in [5.41, 5.74) is 9.51. The van der Waals surface area contributed by atoms with Gasteiger partial charge in [0.05, 0.1) is 5.92 Å². The number of rotatable bonds is 13. The number of ether oxygens (including phenoxy) is 1. The van der Waals surface area contributed by atoms with Crippen LogP contribution in [0.5, 0.6) is 5.75 Å². The highest BCUT2D eigenvalue weighted by Gasteiger charge is 2.27. The molecule has 0 saturated carbocycles. The first-order valence-electron chi connectivity index (χ1n) is 13.3. The lowest BCUT2D eigenvalue weighted by Gasteiger charge is -2.23. The third-order valence-electron chi connectivity index (χ3n) is 6.50. The number of amides is 2. The molecule has 0 heterocycles. The molecule has 0 spiro atoms. The molecule has 6 nitrogen and oxygen atoms in total. The van der Waals surface area contributed by atoms with Crippen molar-refractivity contribution in [3.8, 4) is 5.75 Å². The molecule has 4 rings (SSSR count). The van der Waals surface area contributed by atoms with Crippen LogP contribution in [0.4, 0.5) is 0 Å². The third kappa shape index (κ3) is 8.28. The summed E-state index contributed by atoms with van der Waals surface area (Å²) < 4.78 is 5.85. The van der Waals surface area contributed by atoms with Crippen LogP contribution in [0.3, 0.4) is 0 Å². The summed E-state index contributed by atoms with van der Waals surface area (Å²) in [5, 5.41) is 5.97. The molecular formula is C33H35N3O3. The number of hydrogen-bond donors (Lipinski definition) is 3. The van der Waals surface area contributed by atoms with Crippen molar-refractivity contribution >= 4 is 11.8 Å². The molecule has 0 aliphatic rings. The largest absolute Gasteiger partial charge is 0.489 e. The van der Waals surface area contributed by atoms with E-state index in [2.05, 4.69) is 10.6 Å². The lowest BCUT2D eigenvalue weighted by Crippen LogP contribution is -2.48. The van der Waals surface area contributed by atoms with Gasteiger partial charge in [-0.25, -0.2) is 0 Å². The van der Waals surface area contributed by atoms with Gasteiger partial charge < -0.3 is 21.1 Å². The molecular weight excluding hydrogens is 486 g/mol. The molecule has 200 valence electrons. The normalized spacial score (nSPS) is 11.5. The molecule has 39 heavy (non-hydrogen) atoms. The SMILES string of the molecule is NCCC[C@@H](NC(=O)C(c1ccccc1)c1ccccc1)C(=O)NCc1ccc(OCc2ccccc2)cc1. The first-order valence-corrected chi connectivity index (χ1v) is 13.3. The first kappa shape index (κ1) is 27.6.